The summed E-state index contributed by atoms with van der Waals surface area (Å²) in [4.78, 5) is 18.2. The number of nitrogens with zero attached hydrogens (tertiary/aromatic N) is 3. The van der Waals surface area contributed by atoms with E-state index in [1.54, 1.807) is 26.0 Å². The monoisotopic (exact) mass is 375 g/mol. The van der Waals surface area contributed by atoms with Crippen LogP contribution in [0.2, 0.25) is 0 Å². The van der Waals surface area contributed by atoms with Crippen LogP contribution in [0.3, 0.4) is 0 Å². The maximum atomic E-state index is 13.0. The molecule has 3 rings (SSSR count). The van der Waals surface area contributed by atoms with Crippen LogP contribution < -0.4 is 4.74 Å². The van der Waals surface area contributed by atoms with Gasteiger partial charge >= 0.3 is 6.18 Å². The minimum Gasteiger partial charge on any atom is -0.490 e. The number of rotatable bonds is 3. The maximum Gasteiger partial charge on any atom is 0.417 e. The van der Waals surface area contributed by atoms with Gasteiger partial charge in [-0.25, -0.2) is 0 Å². The Balaban J connectivity index is 1.90. The highest BCUT2D eigenvalue weighted by Crippen LogP contribution is 2.33. The van der Waals surface area contributed by atoms with Gasteiger partial charge in [-0.2, -0.15) is 18.4 Å². The van der Waals surface area contributed by atoms with Crippen molar-refractivity contribution in [3.05, 3.63) is 58.4 Å². The van der Waals surface area contributed by atoms with Crippen molar-refractivity contribution < 1.29 is 22.7 Å². The Labute approximate surface area is 154 Å². The predicted molar refractivity (Wildman–Crippen MR) is 89.7 cm³/mol. The highest BCUT2D eigenvalue weighted by molar-refractivity contribution is 5.97. The molecule has 0 atom stereocenters. The van der Waals surface area contributed by atoms with Gasteiger partial charge in [0.2, 0.25) is 0 Å². The number of alkyl halides is 3. The van der Waals surface area contributed by atoms with Crippen molar-refractivity contribution in [2.24, 2.45) is 0 Å². The van der Waals surface area contributed by atoms with E-state index in [0.717, 1.165) is 12.3 Å². The van der Waals surface area contributed by atoms with Crippen molar-refractivity contribution in [1.29, 1.82) is 5.26 Å². The molecule has 0 spiro atoms. The number of amides is 1. The Hall–Kier alpha value is -3.08. The second-order valence-electron chi connectivity index (χ2n) is 6.48. The number of pyridine rings is 1. The average molecular weight is 375 g/mol. The summed E-state index contributed by atoms with van der Waals surface area (Å²) in [5.41, 5.74) is 0.446. The highest BCUT2D eigenvalue weighted by atomic mass is 19.4. The molecule has 2 heterocycles. The third-order valence-electron chi connectivity index (χ3n) is 4.08. The molecule has 1 aromatic carbocycles. The molecule has 0 saturated carbocycles. The minimum atomic E-state index is -4.49. The molecular formula is C19H16F3N3O2. The number of aromatic nitrogens is 1. The van der Waals surface area contributed by atoms with Crippen molar-refractivity contribution in [3.63, 3.8) is 0 Å². The fourth-order valence-electron chi connectivity index (χ4n) is 2.85. The molecule has 1 aliphatic rings. The van der Waals surface area contributed by atoms with Crippen LogP contribution in [0.5, 0.6) is 5.75 Å². The lowest BCUT2D eigenvalue weighted by Crippen LogP contribution is -2.26. The van der Waals surface area contributed by atoms with Crippen LogP contribution in [0.1, 0.15) is 46.6 Å². The average Bonchev–Trinajstić information content (AvgIpc) is 3.03. The summed E-state index contributed by atoms with van der Waals surface area (Å²) in [7, 11) is 0. The van der Waals surface area contributed by atoms with E-state index in [4.69, 9.17) is 10.00 Å². The summed E-state index contributed by atoms with van der Waals surface area (Å²) in [6.07, 6.45) is -3.90. The second kappa shape index (κ2) is 6.91. The van der Waals surface area contributed by atoms with E-state index in [0.29, 0.717) is 22.6 Å². The zero-order chi connectivity index (χ0) is 19.8. The molecule has 0 bridgehead atoms. The third kappa shape index (κ3) is 3.87. The standard InChI is InChI=1S/C19H16F3N3O2/c1-11(2)27-17-4-3-12(7-23)5-15(17)18(26)25-9-13-6-14(19(20,21)22)8-24-16(13)10-25/h3-6,8,11H,9-10H2,1-2H3. The van der Waals surface area contributed by atoms with E-state index in [2.05, 4.69) is 4.98 Å². The topological polar surface area (TPSA) is 66.2 Å². The first-order chi connectivity index (χ1) is 12.7. The lowest BCUT2D eigenvalue weighted by molar-refractivity contribution is -0.137. The van der Waals surface area contributed by atoms with Crippen molar-refractivity contribution in [3.8, 4) is 11.8 Å². The van der Waals surface area contributed by atoms with E-state index in [1.165, 1.54) is 11.0 Å². The van der Waals surface area contributed by atoms with Crippen LogP contribution in [0.25, 0.3) is 0 Å². The van der Waals surface area contributed by atoms with Gasteiger partial charge in [0.25, 0.3) is 5.91 Å². The Bertz CT molecular complexity index is 933. The summed E-state index contributed by atoms with van der Waals surface area (Å²) in [5.74, 6) is -0.0943. The smallest absolute Gasteiger partial charge is 0.417 e. The van der Waals surface area contributed by atoms with Gasteiger partial charge in [-0.1, -0.05) is 0 Å². The number of carbonyl (C=O) groups is 1. The van der Waals surface area contributed by atoms with Gasteiger partial charge in [-0.05, 0) is 43.7 Å². The maximum absolute atomic E-state index is 13.0. The Morgan fingerprint density at radius 2 is 2.04 bits per heavy atom. The van der Waals surface area contributed by atoms with Crippen molar-refractivity contribution in [1.82, 2.24) is 9.88 Å². The van der Waals surface area contributed by atoms with Crippen LogP contribution in [0.4, 0.5) is 13.2 Å². The third-order valence-corrected chi connectivity index (χ3v) is 4.08. The van der Waals surface area contributed by atoms with Gasteiger partial charge in [0.05, 0.1) is 41.1 Å². The largest absolute Gasteiger partial charge is 0.490 e. The van der Waals surface area contributed by atoms with E-state index < -0.39 is 17.6 Å². The first-order valence-corrected chi connectivity index (χ1v) is 8.24. The number of halogens is 3. The molecule has 8 heteroatoms. The van der Waals surface area contributed by atoms with Gasteiger partial charge in [-0.3, -0.25) is 9.78 Å². The predicted octanol–water partition coefficient (Wildman–Crippen LogP) is 3.92. The molecular weight excluding hydrogens is 359 g/mol. The number of ether oxygens (including phenoxy) is 1. The van der Waals surface area contributed by atoms with Gasteiger partial charge in [-0.15, -0.1) is 0 Å². The van der Waals surface area contributed by atoms with Crippen LogP contribution in [0, 0.1) is 11.3 Å². The van der Waals surface area contributed by atoms with E-state index in [1.807, 2.05) is 6.07 Å². The Morgan fingerprint density at radius 1 is 1.30 bits per heavy atom. The summed E-state index contributed by atoms with van der Waals surface area (Å²) >= 11 is 0. The fraction of sp³-hybridized carbons (Fsp3) is 0.316. The van der Waals surface area contributed by atoms with Crippen molar-refractivity contribution in [2.75, 3.05) is 0 Å². The van der Waals surface area contributed by atoms with Gasteiger partial charge in [0, 0.05) is 12.7 Å². The number of benzene rings is 1. The number of carbonyl (C=O) groups excluding carboxylic acids is 1. The molecule has 0 aliphatic carbocycles. The van der Waals surface area contributed by atoms with Crippen molar-refractivity contribution >= 4 is 5.91 Å². The molecule has 1 aromatic heterocycles. The quantitative estimate of drug-likeness (QED) is 0.816. The SMILES string of the molecule is CC(C)Oc1ccc(C#N)cc1C(=O)N1Cc2cc(C(F)(F)F)cnc2C1. The molecule has 140 valence electrons. The second-order valence-corrected chi connectivity index (χ2v) is 6.48. The number of hydrogen-bond donors (Lipinski definition) is 0. The van der Waals surface area contributed by atoms with Crippen LogP contribution in [-0.4, -0.2) is 21.9 Å². The van der Waals surface area contributed by atoms with E-state index >= 15 is 0 Å². The molecule has 27 heavy (non-hydrogen) atoms. The molecule has 0 fully saturated rings. The minimum absolute atomic E-state index is 0.0169. The molecule has 0 radical (unpaired) electrons. The highest BCUT2D eigenvalue weighted by Gasteiger charge is 2.34. The summed E-state index contributed by atoms with van der Waals surface area (Å²) in [6, 6.07) is 7.52. The zero-order valence-corrected chi connectivity index (χ0v) is 14.7. The molecule has 0 unspecified atom stereocenters. The number of nitriles is 1. The lowest BCUT2D eigenvalue weighted by Gasteiger charge is -2.19. The van der Waals surface area contributed by atoms with Gasteiger partial charge in [0.15, 0.2) is 0 Å². The van der Waals surface area contributed by atoms with Gasteiger partial charge in [0.1, 0.15) is 5.75 Å². The van der Waals surface area contributed by atoms with Gasteiger partial charge < -0.3 is 9.64 Å². The number of fused-ring (bicyclic) bond motifs is 1. The zero-order valence-electron chi connectivity index (χ0n) is 14.7. The van der Waals surface area contributed by atoms with Crippen LogP contribution in [0.15, 0.2) is 30.5 Å². The van der Waals surface area contributed by atoms with Crippen LogP contribution in [-0.2, 0) is 19.3 Å². The first kappa shape index (κ1) is 18.7. The summed E-state index contributed by atoms with van der Waals surface area (Å²) in [5, 5.41) is 9.10. The molecule has 5 nitrogen and oxygen atoms in total. The first-order valence-electron chi connectivity index (χ1n) is 8.24. The molecule has 1 amide bonds. The molecule has 1 aliphatic heterocycles. The van der Waals surface area contributed by atoms with Crippen LogP contribution >= 0.6 is 0 Å². The Kier molecular flexibility index (Phi) is 4.79. The number of hydrogen-bond acceptors (Lipinski definition) is 4. The molecule has 0 N–H and O–H groups in total. The summed E-state index contributed by atoms with van der Waals surface area (Å²) in [6.45, 7) is 3.73. The molecule has 0 saturated heterocycles. The van der Waals surface area contributed by atoms with E-state index in [-0.39, 0.29) is 24.8 Å². The lowest BCUT2D eigenvalue weighted by atomic mass is 10.1. The fourth-order valence-corrected chi connectivity index (χ4v) is 2.85. The normalized spacial score (nSPS) is 13.4. The Morgan fingerprint density at radius 3 is 2.67 bits per heavy atom. The summed E-state index contributed by atoms with van der Waals surface area (Å²) < 4.78 is 44.2. The van der Waals surface area contributed by atoms with E-state index in [9.17, 15) is 18.0 Å². The van der Waals surface area contributed by atoms with Crippen molar-refractivity contribution in [2.45, 2.75) is 39.2 Å². The molecule has 2 aromatic rings.